The number of carbonyl (C=O) groups excluding carboxylic acids is 1. The minimum Gasteiger partial charge on any atom is -0.436 e. The number of hydrogen-bond acceptors (Lipinski definition) is 5. The van der Waals surface area contributed by atoms with Gasteiger partial charge in [0.15, 0.2) is 5.58 Å². The number of benzene rings is 3. The highest BCUT2D eigenvalue weighted by molar-refractivity contribution is 6.33. The van der Waals surface area contributed by atoms with Crippen LogP contribution in [0.25, 0.3) is 28.6 Å². The molecule has 1 N–H and O–H groups in total. The van der Waals surface area contributed by atoms with Crippen molar-refractivity contribution in [1.29, 1.82) is 0 Å². The molecule has 0 aliphatic rings. The average molecular weight is 420 g/mol. The van der Waals surface area contributed by atoms with Crippen LogP contribution in [0.3, 0.4) is 0 Å². The van der Waals surface area contributed by atoms with Gasteiger partial charge in [-0.3, -0.25) is 14.9 Å². The molecule has 0 aliphatic heterocycles. The van der Waals surface area contributed by atoms with Crippen molar-refractivity contribution in [3.8, 4) is 11.5 Å². The molecule has 0 aliphatic carbocycles. The first-order valence-corrected chi connectivity index (χ1v) is 9.26. The molecule has 1 heterocycles. The summed E-state index contributed by atoms with van der Waals surface area (Å²) in [5, 5.41) is 14.1. The van der Waals surface area contributed by atoms with Crippen LogP contribution in [0, 0.1) is 10.1 Å². The number of nitro groups is 1. The molecular formula is C22H14ClN3O4. The van der Waals surface area contributed by atoms with Crippen molar-refractivity contribution in [2.24, 2.45) is 0 Å². The molecule has 1 amide bonds. The maximum atomic E-state index is 12.2. The van der Waals surface area contributed by atoms with Gasteiger partial charge >= 0.3 is 0 Å². The van der Waals surface area contributed by atoms with Crippen LogP contribution >= 0.6 is 11.6 Å². The molecule has 0 bridgehead atoms. The molecule has 148 valence electrons. The van der Waals surface area contributed by atoms with Crippen LogP contribution in [-0.2, 0) is 4.79 Å². The SMILES string of the molecule is O=C(C=Cc1cccc([N+](=O)[O-])c1)Nc1ccc2oc(-c3ccccc3Cl)nc2c1. The van der Waals surface area contributed by atoms with Crippen LogP contribution in [0.1, 0.15) is 5.56 Å². The lowest BCUT2D eigenvalue weighted by Crippen LogP contribution is -2.07. The highest BCUT2D eigenvalue weighted by Crippen LogP contribution is 2.30. The maximum absolute atomic E-state index is 12.2. The minimum absolute atomic E-state index is 0.0386. The Labute approximate surface area is 175 Å². The van der Waals surface area contributed by atoms with E-state index in [0.29, 0.717) is 38.8 Å². The summed E-state index contributed by atoms with van der Waals surface area (Å²) in [6, 6.07) is 18.4. The number of anilines is 1. The molecule has 7 nitrogen and oxygen atoms in total. The Morgan fingerprint density at radius 1 is 1.10 bits per heavy atom. The zero-order chi connectivity index (χ0) is 21.1. The quantitative estimate of drug-likeness (QED) is 0.254. The molecule has 0 spiro atoms. The molecule has 4 aromatic rings. The Morgan fingerprint density at radius 2 is 1.93 bits per heavy atom. The van der Waals surface area contributed by atoms with E-state index in [1.807, 2.05) is 18.2 Å². The predicted molar refractivity (Wildman–Crippen MR) is 115 cm³/mol. The minimum atomic E-state index is -0.485. The van der Waals surface area contributed by atoms with Crippen LogP contribution in [0.2, 0.25) is 5.02 Å². The van der Waals surface area contributed by atoms with Gasteiger partial charge in [-0.15, -0.1) is 0 Å². The smallest absolute Gasteiger partial charge is 0.270 e. The van der Waals surface area contributed by atoms with Gasteiger partial charge in [0.2, 0.25) is 11.8 Å². The van der Waals surface area contributed by atoms with Gasteiger partial charge < -0.3 is 9.73 Å². The van der Waals surface area contributed by atoms with Crippen molar-refractivity contribution in [2.45, 2.75) is 0 Å². The summed E-state index contributed by atoms with van der Waals surface area (Å²) >= 11 is 6.20. The van der Waals surface area contributed by atoms with Crippen molar-refractivity contribution in [3.63, 3.8) is 0 Å². The number of non-ortho nitro benzene ring substituents is 1. The van der Waals surface area contributed by atoms with Crippen molar-refractivity contribution in [3.05, 3.63) is 93.5 Å². The molecule has 0 atom stereocenters. The number of carbonyl (C=O) groups is 1. The molecule has 0 saturated heterocycles. The Morgan fingerprint density at radius 3 is 2.73 bits per heavy atom. The first kappa shape index (κ1) is 19.4. The summed E-state index contributed by atoms with van der Waals surface area (Å²) < 4.78 is 5.75. The third kappa shape index (κ3) is 4.21. The second-order valence-electron chi connectivity index (χ2n) is 6.36. The number of fused-ring (bicyclic) bond motifs is 1. The van der Waals surface area contributed by atoms with Crippen molar-refractivity contribution >= 4 is 46.1 Å². The van der Waals surface area contributed by atoms with Gasteiger partial charge in [0.1, 0.15) is 5.52 Å². The standard InChI is InChI=1S/C22H14ClN3O4/c23-18-7-2-1-6-17(18)22-25-19-13-15(9-10-20(19)30-22)24-21(27)11-8-14-4-3-5-16(12-14)26(28)29/h1-13H,(H,24,27). The molecule has 0 radical (unpaired) electrons. The van der Waals surface area contributed by atoms with Gasteiger partial charge in [-0.25, -0.2) is 4.98 Å². The van der Waals surface area contributed by atoms with E-state index in [4.69, 9.17) is 16.0 Å². The molecule has 0 saturated carbocycles. The molecule has 3 aromatic carbocycles. The maximum Gasteiger partial charge on any atom is 0.270 e. The average Bonchev–Trinajstić information content (AvgIpc) is 3.16. The number of nitrogens with one attached hydrogen (secondary N) is 1. The fourth-order valence-corrected chi connectivity index (χ4v) is 3.07. The summed E-state index contributed by atoms with van der Waals surface area (Å²) in [4.78, 5) is 27.0. The first-order chi connectivity index (χ1) is 14.5. The number of hydrogen-bond donors (Lipinski definition) is 1. The topological polar surface area (TPSA) is 98.3 Å². The second kappa shape index (κ2) is 8.18. The number of aromatic nitrogens is 1. The number of halogens is 1. The lowest BCUT2D eigenvalue weighted by molar-refractivity contribution is -0.384. The van der Waals surface area contributed by atoms with Crippen LogP contribution in [0.15, 0.2) is 77.2 Å². The van der Waals surface area contributed by atoms with E-state index in [2.05, 4.69) is 10.3 Å². The normalized spacial score (nSPS) is 11.1. The van der Waals surface area contributed by atoms with E-state index in [1.54, 1.807) is 36.4 Å². The molecule has 4 rings (SSSR count). The number of nitrogens with zero attached hydrogens (tertiary/aromatic N) is 2. The second-order valence-corrected chi connectivity index (χ2v) is 6.76. The molecule has 1 aromatic heterocycles. The summed E-state index contributed by atoms with van der Waals surface area (Å²) in [6.07, 6.45) is 2.81. The van der Waals surface area contributed by atoms with Gasteiger partial charge in [-0.2, -0.15) is 0 Å². The van der Waals surface area contributed by atoms with Crippen LogP contribution in [-0.4, -0.2) is 15.8 Å². The van der Waals surface area contributed by atoms with Gasteiger partial charge in [0.25, 0.3) is 5.69 Å². The Bertz CT molecular complexity index is 1300. The molecular weight excluding hydrogens is 406 g/mol. The Kier molecular flexibility index (Phi) is 5.28. The van der Waals surface area contributed by atoms with Gasteiger partial charge in [0, 0.05) is 23.9 Å². The van der Waals surface area contributed by atoms with Crippen LogP contribution < -0.4 is 5.32 Å². The van der Waals surface area contributed by atoms with E-state index >= 15 is 0 Å². The third-order valence-electron chi connectivity index (χ3n) is 4.27. The highest BCUT2D eigenvalue weighted by atomic mass is 35.5. The lowest BCUT2D eigenvalue weighted by Gasteiger charge is -2.01. The largest absolute Gasteiger partial charge is 0.436 e. The number of oxazole rings is 1. The molecule has 0 fully saturated rings. The van der Waals surface area contributed by atoms with E-state index in [9.17, 15) is 14.9 Å². The van der Waals surface area contributed by atoms with E-state index < -0.39 is 4.92 Å². The lowest BCUT2D eigenvalue weighted by atomic mass is 10.2. The van der Waals surface area contributed by atoms with Crippen LogP contribution in [0.5, 0.6) is 0 Å². The Hall–Kier alpha value is -3.97. The van der Waals surface area contributed by atoms with E-state index in [0.717, 1.165) is 0 Å². The third-order valence-corrected chi connectivity index (χ3v) is 4.60. The van der Waals surface area contributed by atoms with Gasteiger partial charge in [-0.1, -0.05) is 35.9 Å². The van der Waals surface area contributed by atoms with Crippen LogP contribution in [0.4, 0.5) is 11.4 Å². The zero-order valence-electron chi connectivity index (χ0n) is 15.4. The summed E-state index contributed by atoms with van der Waals surface area (Å²) in [7, 11) is 0. The summed E-state index contributed by atoms with van der Waals surface area (Å²) in [5.41, 5.74) is 2.87. The molecule has 8 heteroatoms. The van der Waals surface area contributed by atoms with Crippen molar-refractivity contribution in [2.75, 3.05) is 5.32 Å². The monoisotopic (exact) mass is 419 g/mol. The van der Waals surface area contributed by atoms with E-state index in [1.165, 1.54) is 24.3 Å². The fraction of sp³-hybridized carbons (Fsp3) is 0. The van der Waals surface area contributed by atoms with E-state index in [-0.39, 0.29) is 11.6 Å². The Balaban J connectivity index is 1.51. The molecule has 30 heavy (non-hydrogen) atoms. The van der Waals surface area contributed by atoms with Gasteiger partial charge in [0.05, 0.1) is 15.5 Å². The summed E-state index contributed by atoms with van der Waals surface area (Å²) in [6.45, 7) is 0. The highest BCUT2D eigenvalue weighted by Gasteiger charge is 2.12. The zero-order valence-corrected chi connectivity index (χ0v) is 16.2. The predicted octanol–water partition coefficient (Wildman–Crippen LogP) is 5.71. The fourth-order valence-electron chi connectivity index (χ4n) is 2.85. The van der Waals surface area contributed by atoms with Crippen molar-refractivity contribution < 1.29 is 14.1 Å². The van der Waals surface area contributed by atoms with Gasteiger partial charge in [-0.05, 0) is 42.0 Å². The van der Waals surface area contributed by atoms with Crippen molar-refractivity contribution in [1.82, 2.24) is 4.98 Å². The number of amides is 1. The molecule has 0 unspecified atom stereocenters. The number of nitro benzene ring substituents is 1. The number of rotatable bonds is 5. The first-order valence-electron chi connectivity index (χ1n) is 8.88. The summed E-state index contributed by atoms with van der Waals surface area (Å²) in [5.74, 6) is 0.0142.